The Morgan fingerprint density at radius 1 is 0.341 bits per heavy atom. The topological polar surface area (TPSA) is 181 Å². The SMILES string of the molecule is CCCCC(CCCCCCC(CCCC)(C(=O)OCCCOC1CC(C)(C)NC(C)(C)C1)C(=O)OCCCOC1CC(C)(C)N(C)C(C)(C)C1)(C(=O)OCCCOC1CC(C)(C)NC(C)(C)C1)C(=O)OCCCOC1CC(C)(C)NC(C)(C)C1. The van der Waals surface area contributed by atoms with Gasteiger partial charge >= 0.3 is 23.9 Å². The highest BCUT2D eigenvalue weighted by molar-refractivity contribution is 6.00. The smallest absolute Gasteiger partial charge is 0.323 e. The molecular weight excluding hydrogens is 1080 g/mol. The van der Waals surface area contributed by atoms with Gasteiger partial charge in [-0.05, 0) is 195 Å². The molecule has 4 rings (SSSR count). The van der Waals surface area contributed by atoms with Gasteiger partial charge in [-0.15, -0.1) is 0 Å². The van der Waals surface area contributed by atoms with Crippen molar-refractivity contribution in [2.24, 2.45) is 10.8 Å². The lowest BCUT2D eigenvalue weighted by atomic mass is 9.76. The lowest BCUT2D eigenvalue weighted by Gasteiger charge is -2.53. The summed E-state index contributed by atoms with van der Waals surface area (Å²) in [6.45, 7) is 41.8. The number of hydrogen-bond donors (Lipinski definition) is 3. The van der Waals surface area contributed by atoms with Crippen molar-refractivity contribution in [3.63, 3.8) is 0 Å². The zero-order chi connectivity index (χ0) is 63.6. The van der Waals surface area contributed by atoms with Gasteiger partial charge in [-0.25, -0.2) is 0 Å². The van der Waals surface area contributed by atoms with Gasteiger partial charge < -0.3 is 53.8 Å². The van der Waals surface area contributed by atoms with E-state index in [4.69, 9.17) is 37.9 Å². The number of piperidine rings is 4. The van der Waals surface area contributed by atoms with E-state index in [1.54, 1.807) is 0 Å². The zero-order valence-electron chi connectivity index (χ0n) is 57.8. The highest BCUT2D eigenvalue weighted by Gasteiger charge is 2.50. The molecule has 1 atom stereocenters. The quantitative estimate of drug-likeness (QED) is 0.0231. The first-order chi connectivity index (χ1) is 39.4. The molecule has 4 aliphatic heterocycles. The highest BCUT2D eigenvalue weighted by atomic mass is 16.6. The van der Waals surface area contributed by atoms with E-state index in [0.717, 1.165) is 64.2 Å². The van der Waals surface area contributed by atoms with E-state index < -0.39 is 34.7 Å². The Morgan fingerprint density at radius 2 is 0.565 bits per heavy atom. The molecule has 0 amide bonds. The third kappa shape index (κ3) is 24.7. The molecule has 0 bridgehead atoms. The van der Waals surface area contributed by atoms with Crippen molar-refractivity contribution in [2.75, 3.05) is 59.9 Å². The summed E-state index contributed by atoms with van der Waals surface area (Å²) < 4.78 is 49.8. The Hall–Kier alpha value is -2.44. The van der Waals surface area contributed by atoms with Crippen LogP contribution in [0.15, 0.2) is 0 Å². The van der Waals surface area contributed by atoms with Crippen molar-refractivity contribution in [3.8, 4) is 0 Å². The first-order valence-electron chi connectivity index (χ1n) is 33.7. The predicted molar refractivity (Wildman–Crippen MR) is 340 cm³/mol. The van der Waals surface area contributed by atoms with E-state index in [0.29, 0.717) is 103 Å². The van der Waals surface area contributed by atoms with Crippen LogP contribution in [0, 0.1) is 10.8 Å². The summed E-state index contributed by atoms with van der Waals surface area (Å²) in [7, 11) is 2.18. The standard InChI is InChI=1S/C69H128N4O12/c1-20-22-32-68(56(74)82-40-28-36-78-52-44-60(3,4)70-61(5,6)45-52,57(75)83-41-29-37-79-53-46-62(7,8)71-63(9,10)47-53)34-26-24-25-27-35-69(33-23-21-2,58(76)84-42-30-38-80-54-48-64(11,12)72-65(13,14)49-54)59(77)85-43-31-39-81-55-50-66(15,16)73(19)67(17,18)51-55/h52-55,70-72H,20-51H2,1-19H3. The van der Waals surface area contributed by atoms with E-state index >= 15 is 0 Å². The van der Waals surface area contributed by atoms with Gasteiger partial charge in [-0.1, -0.05) is 65.2 Å². The second-order valence-electron chi connectivity index (χ2n) is 31.7. The third-order valence-electron chi connectivity index (χ3n) is 18.7. The molecule has 0 saturated carbocycles. The lowest BCUT2D eigenvalue weighted by molar-refractivity contribution is -0.177. The molecule has 0 aliphatic carbocycles. The summed E-state index contributed by atoms with van der Waals surface area (Å²) in [5, 5.41) is 11.1. The molecule has 16 nitrogen and oxygen atoms in total. The molecule has 496 valence electrons. The van der Waals surface area contributed by atoms with Gasteiger partial charge in [0.25, 0.3) is 0 Å². The van der Waals surface area contributed by atoms with Crippen LogP contribution in [0.5, 0.6) is 0 Å². The zero-order valence-corrected chi connectivity index (χ0v) is 57.8. The Balaban J connectivity index is 1.45. The van der Waals surface area contributed by atoms with Gasteiger partial charge in [0.2, 0.25) is 0 Å². The Bertz CT molecular complexity index is 1930. The second-order valence-corrected chi connectivity index (χ2v) is 31.7. The molecule has 1 unspecified atom stereocenters. The molecule has 4 saturated heterocycles. The minimum Gasteiger partial charge on any atom is -0.465 e. The summed E-state index contributed by atoms with van der Waals surface area (Å²) in [6, 6.07) is 0. The first kappa shape index (κ1) is 75.0. The molecule has 16 heteroatoms. The Labute approximate surface area is 517 Å². The van der Waals surface area contributed by atoms with Gasteiger partial charge in [-0.2, -0.15) is 0 Å². The van der Waals surface area contributed by atoms with E-state index in [1.807, 2.05) is 0 Å². The number of likely N-dealkylation sites (tertiary alicyclic amines) is 1. The molecule has 0 aromatic heterocycles. The normalized spacial score (nSPS) is 23.0. The van der Waals surface area contributed by atoms with Crippen LogP contribution < -0.4 is 16.0 Å². The molecule has 4 fully saturated rings. The van der Waals surface area contributed by atoms with E-state index in [1.165, 1.54) is 0 Å². The largest absolute Gasteiger partial charge is 0.465 e. The van der Waals surface area contributed by atoms with Gasteiger partial charge in [-0.3, -0.25) is 24.1 Å². The number of rotatable bonds is 37. The summed E-state index contributed by atoms with van der Waals surface area (Å²) in [5.41, 5.74) is -3.36. The molecular formula is C69H128N4O12. The van der Waals surface area contributed by atoms with Crippen LogP contribution in [0.25, 0.3) is 0 Å². The minimum atomic E-state index is -1.49. The van der Waals surface area contributed by atoms with Gasteiger partial charge in [0, 0.05) is 70.0 Å². The van der Waals surface area contributed by atoms with Gasteiger partial charge in [0.05, 0.1) is 77.3 Å². The lowest BCUT2D eigenvalue weighted by Crippen LogP contribution is -2.60. The molecule has 0 aromatic rings. The Morgan fingerprint density at radius 3 is 0.800 bits per heavy atom. The van der Waals surface area contributed by atoms with Crippen LogP contribution in [0.2, 0.25) is 0 Å². The Kier molecular flexibility index (Phi) is 28.7. The average Bonchev–Trinajstić information content (AvgIpc) is 2.40. The van der Waals surface area contributed by atoms with Crippen LogP contribution >= 0.6 is 0 Å². The number of unbranched alkanes of at least 4 members (excludes halogenated alkanes) is 5. The molecule has 0 radical (unpaired) electrons. The molecule has 4 aliphatic rings. The van der Waals surface area contributed by atoms with E-state index in [-0.39, 0.29) is 108 Å². The van der Waals surface area contributed by atoms with Crippen LogP contribution in [-0.4, -0.2) is 157 Å². The van der Waals surface area contributed by atoms with Crippen molar-refractivity contribution in [2.45, 2.75) is 347 Å². The summed E-state index contributed by atoms with van der Waals surface area (Å²) in [5.74, 6) is -2.19. The van der Waals surface area contributed by atoms with E-state index in [9.17, 15) is 19.2 Å². The molecule has 0 aromatic carbocycles. The molecule has 85 heavy (non-hydrogen) atoms. The molecule has 0 spiro atoms. The highest BCUT2D eigenvalue weighted by Crippen LogP contribution is 2.41. The van der Waals surface area contributed by atoms with Crippen molar-refractivity contribution >= 4 is 23.9 Å². The maximum atomic E-state index is 14.6. The fraction of sp³-hybridized carbons (Fsp3) is 0.942. The maximum Gasteiger partial charge on any atom is 0.323 e. The number of nitrogens with zero attached hydrogens (tertiary/aromatic N) is 1. The molecule has 4 heterocycles. The van der Waals surface area contributed by atoms with Crippen LogP contribution in [0.3, 0.4) is 0 Å². The first-order valence-corrected chi connectivity index (χ1v) is 33.7. The van der Waals surface area contributed by atoms with Crippen molar-refractivity contribution in [3.05, 3.63) is 0 Å². The van der Waals surface area contributed by atoms with Crippen LogP contribution in [0.4, 0.5) is 0 Å². The summed E-state index contributed by atoms with van der Waals surface area (Å²) in [4.78, 5) is 60.8. The maximum absolute atomic E-state index is 14.6. The third-order valence-corrected chi connectivity index (χ3v) is 18.7. The number of carbonyl (C=O) groups excluding carboxylic acids is 4. The fourth-order valence-electron chi connectivity index (χ4n) is 15.3. The fourth-order valence-corrected chi connectivity index (χ4v) is 15.3. The van der Waals surface area contributed by atoms with Gasteiger partial charge in [0.1, 0.15) is 0 Å². The predicted octanol–water partition coefficient (Wildman–Crippen LogP) is 13.1. The average molecular weight is 1210 g/mol. The van der Waals surface area contributed by atoms with Crippen molar-refractivity contribution in [1.29, 1.82) is 0 Å². The number of carbonyl (C=O) groups is 4. The summed E-state index contributed by atoms with van der Waals surface area (Å²) >= 11 is 0. The van der Waals surface area contributed by atoms with E-state index in [2.05, 4.69) is 153 Å². The monoisotopic (exact) mass is 1200 g/mol. The van der Waals surface area contributed by atoms with Crippen LogP contribution in [-0.2, 0) is 57.1 Å². The number of nitrogens with one attached hydrogen (secondary N) is 3. The van der Waals surface area contributed by atoms with Crippen molar-refractivity contribution < 1.29 is 57.1 Å². The van der Waals surface area contributed by atoms with Gasteiger partial charge in [0.15, 0.2) is 10.8 Å². The van der Waals surface area contributed by atoms with Crippen molar-refractivity contribution in [1.82, 2.24) is 20.9 Å². The minimum absolute atomic E-state index is 0.0155. The number of hydrogen-bond acceptors (Lipinski definition) is 16. The summed E-state index contributed by atoms with van der Waals surface area (Å²) in [6.07, 6.45) is 15.8. The van der Waals surface area contributed by atoms with Crippen LogP contribution in [0.1, 0.15) is 279 Å². The second kappa shape index (κ2) is 32.5. The number of ether oxygens (including phenoxy) is 8. The molecule has 3 N–H and O–H groups in total. The number of esters is 4.